The van der Waals surface area contributed by atoms with E-state index in [9.17, 15) is 13.2 Å². The summed E-state index contributed by atoms with van der Waals surface area (Å²) in [6.45, 7) is 9.40. The summed E-state index contributed by atoms with van der Waals surface area (Å²) in [6.07, 6.45) is -3.39. The number of hydrogen-bond acceptors (Lipinski definition) is 5. The van der Waals surface area contributed by atoms with Crippen LogP contribution in [0, 0.1) is 5.92 Å². The van der Waals surface area contributed by atoms with Gasteiger partial charge in [-0.25, -0.2) is 9.97 Å². The normalized spacial score (nSPS) is 21.6. The number of nitrogens with one attached hydrogen (secondary N) is 3. The van der Waals surface area contributed by atoms with Gasteiger partial charge < -0.3 is 16.0 Å². The van der Waals surface area contributed by atoms with Crippen LogP contribution < -0.4 is 16.0 Å². The van der Waals surface area contributed by atoms with Crippen LogP contribution in [0.4, 0.5) is 19.1 Å². The Morgan fingerprint density at radius 2 is 2.07 bits per heavy atom. The lowest BCUT2D eigenvalue weighted by Gasteiger charge is -2.22. The summed E-state index contributed by atoms with van der Waals surface area (Å²) >= 11 is 0. The van der Waals surface area contributed by atoms with Crippen molar-refractivity contribution in [3.05, 3.63) is 18.0 Å². The van der Waals surface area contributed by atoms with E-state index < -0.39 is 11.9 Å². The summed E-state index contributed by atoms with van der Waals surface area (Å²) in [5.74, 6) is 1.12. The van der Waals surface area contributed by atoms with E-state index in [0.717, 1.165) is 25.4 Å². The van der Waals surface area contributed by atoms with Gasteiger partial charge in [-0.1, -0.05) is 6.92 Å². The maximum Gasteiger partial charge on any atom is 0.433 e. The molecule has 1 aliphatic rings. The van der Waals surface area contributed by atoms with Crippen molar-refractivity contribution < 1.29 is 13.2 Å². The minimum Gasteiger partial charge on any atom is -0.355 e. The Hall–Kier alpha value is -2.10. The van der Waals surface area contributed by atoms with Crippen LogP contribution in [0.5, 0.6) is 0 Å². The number of alkyl halides is 3. The maximum absolute atomic E-state index is 12.7. The highest BCUT2D eigenvalue weighted by molar-refractivity contribution is 5.80. The zero-order valence-electron chi connectivity index (χ0n) is 16.1. The number of halogens is 3. The number of guanidine groups is 1. The van der Waals surface area contributed by atoms with Gasteiger partial charge in [0, 0.05) is 51.5 Å². The molecule has 1 aromatic heterocycles. The van der Waals surface area contributed by atoms with E-state index in [1.807, 2.05) is 0 Å². The van der Waals surface area contributed by atoms with Crippen LogP contribution in [-0.2, 0) is 6.18 Å². The molecule has 2 rings (SSSR count). The van der Waals surface area contributed by atoms with Gasteiger partial charge >= 0.3 is 6.18 Å². The van der Waals surface area contributed by atoms with Gasteiger partial charge in [0.1, 0.15) is 5.69 Å². The fraction of sp³-hybridized carbons (Fsp3) is 0.706. The van der Waals surface area contributed by atoms with E-state index in [1.165, 1.54) is 0 Å². The lowest BCUT2D eigenvalue weighted by molar-refractivity contribution is -0.141. The van der Waals surface area contributed by atoms with E-state index in [4.69, 9.17) is 0 Å². The molecule has 0 radical (unpaired) electrons. The van der Waals surface area contributed by atoms with Crippen LogP contribution in [0.15, 0.2) is 17.3 Å². The molecule has 2 atom stereocenters. The van der Waals surface area contributed by atoms with E-state index in [1.54, 1.807) is 7.05 Å². The van der Waals surface area contributed by atoms with E-state index in [0.29, 0.717) is 37.1 Å². The highest BCUT2D eigenvalue weighted by Crippen LogP contribution is 2.27. The molecule has 1 aliphatic heterocycles. The molecule has 2 unspecified atom stereocenters. The Morgan fingerprint density at radius 3 is 2.67 bits per heavy atom. The van der Waals surface area contributed by atoms with Gasteiger partial charge in [-0.3, -0.25) is 9.89 Å². The third-order valence-electron chi connectivity index (χ3n) is 4.56. The van der Waals surface area contributed by atoms with Crippen molar-refractivity contribution in [2.24, 2.45) is 10.9 Å². The molecule has 27 heavy (non-hydrogen) atoms. The number of hydrogen-bond donors (Lipinski definition) is 3. The van der Waals surface area contributed by atoms with Crippen LogP contribution in [-0.4, -0.2) is 66.1 Å². The van der Waals surface area contributed by atoms with Crippen LogP contribution in [0.25, 0.3) is 0 Å². The van der Waals surface area contributed by atoms with Crippen LogP contribution in [0.1, 0.15) is 26.5 Å². The van der Waals surface area contributed by atoms with E-state index in [-0.39, 0.29) is 5.95 Å². The van der Waals surface area contributed by atoms with Gasteiger partial charge in [0.05, 0.1) is 0 Å². The highest BCUT2D eigenvalue weighted by atomic mass is 19.4. The Kier molecular flexibility index (Phi) is 7.23. The predicted molar refractivity (Wildman–Crippen MR) is 99.7 cm³/mol. The Bertz CT molecular complexity index is 633. The van der Waals surface area contributed by atoms with Gasteiger partial charge in [0.15, 0.2) is 5.96 Å². The topological polar surface area (TPSA) is 77.5 Å². The molecule has 0 aromatic carbocycles. The molecule has 0 aliphatic carbocycles. The molecule has 10 heteroatoms. The maximum atomic E-state index is 12.7. The summed E-state index contributed by atoms with van der Waals surface area (Å²) < 4.78 is 38.0. The van der Waals surface area contributed by atoms with Crippen molar-refractivity contribution in [1.82, 2.24) is 25.5 Å². The smallest absolute Gasteiger partial charge is 0.355 e. The second-order valence-corrected chi connectivity index (χ2v) is 6.96. The van der Waals surface area contributed by atoms with Gasteiger partial charge in [-0.2, -0.15) is 13.2 Å². The quantitative estimate of drug-likeness (QED) is 0.393. The number of nitrogens with zero attached hydrogens (tertiary/aromatic N) is 4. The third-order valence-corrected chi connectivity index (χ3v) is 4.56. The molecule has 0 bridgehead atoms. The van der Waals surface area contributed by atoms with Crippen molar-refractivity contribution in [3.63, 3.8) is 0 Å². The number of anilines is 1. The Balaban J connectivity index is 1.77. The first-order valence-electron chi connectivity index (χ1n) is 9.06. The molecular formula is C17H28F3N7. The monoisotopic (exact) mass is 387 g/mol. The molecule has 0 spiro atoms. The van der Waals surface area contributed by atoms with Crippen LogP contribution >= 0.6 is 0 Å². The zero-order chi connectivity index (χ0) is 20.0. The average molecular weight is 387 g/mol. The largest absolute Gasteiger partial charge is 0.433 e. The molecule has 0 amide bonds. The molecule has 3 N–H and O–H groups in total. The van der Waals surface area contributed by atoms with Gasteiger partial charge in [-0.15, -0.1) is 0 Å². The van der Waals surface area contributed by atoms with E-state index >= 15 is 0 Å². The number of likely N-dealkylation sites (tertiary alicyclic amines) is 1. The molecular weight excluding hydrogens is 359 g/mol. The lowest BCUT2D eigenvalue weighted by Crippen LogP contribution is -2.47. The van der Waals surface area contributed by atoms with Crippen LogP contribution in [0.3, 0.4) is 0 Å². The summed E-state index contributed by atoms with van der Waals surface area (Å²) in [7, 11) is 1.69. The predicted octanol–water partition coefficient (Wildman–Crippen LogP) is 1.80. The minimum absolute atomic E-state index is 0.0495. The van der Waals surface area contributed by atoms with Gasteiger partial charge in [-0.05, 0) is 25.8 Å². The molecule has 152 valence electrons. The second kappa shape index (κ2) is 9.20. The molecule has 2 heterocycles. The Morgan fingerprint density at radius 1 is 1.33 bits per heavy atom. The molecule has 1 saturated heterocycles. The second-order valence-electron chi connectivity index (χ2n) is 6.96. The molecule has 1 aromatic rings. The van der Waals surface area contributed by atoms with Gasteiger partial charge in [0.2, 0.25) is 5.95 Å². The lowest BCUT2D eigenvalue weighted by atomic mass is 10.1. The molecule has 1 fully saturated rings. The summed E-state index contributed by atoms with van der Waals surface area (Å²) in [4.78, 5) is 13.9. The van der Waals surface area contributed by atoms with Crippen molar-refractivity contribution in [2.45, 2.75) is 39.0 Å². The number of aromatic nitrogens is 2. The summed E-state index contributed by atoms with van der Waals surface area (Å²) in [5.41, 5.74) is -0.963. The third kappa shape index (κ3) is 6.23. The summed E-state index contributed by atoms with van der Waals surface area (Å²) in [6, 6.07) is 1.66. The number of rotatable bonds is 6. The first-order valence-corrected chi connectivity index (χ1v) is 9.06. The number of aliphatic imine (C=N–C) groups is 1. The average Bonchev–Trinajstić information content (AvgIpc) is 2.98. The van der Waals surface area contributed by atoms with E-state index in [2.05, 4.69) is 56.6 Å². The molecule has 0 saturated carbocycles. The highest BCUT2D eigenvalue weighted by Gasteiger charge is 2.33. The fourth-order valence-corrected chi connectivity index (χ4v) is 2.94. The van der Waals surface area contributed by atoms with Crippen molar-refractivity contribution in [2.75, 3.05) is 38.5 Å². The standard InChI is InChI=1S/C17H28F3N7/c1-11(2)27-9-12(3)13(10-27)25-15(21-4)23-7-8-24-16-22-6-5-14(26-16)17(18,19)20/h5-6,11-13H,7-10H2,1-4H3,(H2,21,23,25)(H,22,24,26). The van der Waals surface area contributed by atoms with Crippen LogP contribution in [0.2, 0.25) is 0 Å². The SMILES string of the molecule is CN=C(NCCNc1nccc(C(F)(F)F)n1)NC1CN(C(C)C)CC1C. The summed E-state index contributed by atoms with van der Waals surface area (Å²) in [5, 5.41) is 9.36. The zero-order valence-corrected chi connectivity index (χ0v) is 16.1. The molecule has 7 nitrogen and oxygen atoms in total. The van der Waals surface area contributed by atoms with Gasteiger partial charge in [0.25, 0.3) is 0 Å². The fourth-order valence-electron chi connectivity index (χ4n) is 2.94. The first-order chi connectivity index (χ1) is 12.7. The van der Waals surface area contributed by atoms with Crippen molar-refractivity contribution in [1.29, 1.82) is 0 Å². The Labute approximate surface area is 157 Å². The van der Waals surface area contributed by atoms with Crippen molar-refractivity contribution >= 4 is 11.9 Å². The first kappa shape index (κ1) is 21.2. The minimum atomic E-state index is -4.48. The van der Waals surface area contributed by atoms with Crippen molar-refractivity contribution in [3.8, 4) is 0 Å².